The molecule has 4 nitrogen and oxygen atoms in total. The first-order valence-electron chi connectivity index (χ1n) is 4.69. The molecule has 1 aromatic heterocycles. The Bertz CT molecular complexity index is 310. The lowest BCUT2D eigenvalue weighted by Gasteiger charge is -2.18. The number of aryl methyl sites for hydroxylation is 1. The average Bonchev–Trinajstić information content (AvgIpc) is 2.60. The molecule has 2 atom stereocenters. The molecule has 1 aliphatic carbocycles. The lowest BCUT2D eigenvalue weighted by Crippen LogP contribution is -2.22. The Morgan fingerprint density at radius 1 is 1.69 bits per heavy atom. The van der Waals surface area contributed by atoms with Gasteiger partial charge in [0.2, 0.25) is 0 Å². The Hall–Kier alpha value is -0.900. The van der Waals surface area contributed by atoms with Gasteiger partial charge < -0.3 is 5.11 Å². The van der Waals surface area contributed by atoms with Crippen molar-refractivity contribution in [2.45, 2.75) is 31.8 Å². The highest BCUT2D eigenvalue weighted by molar-refractivity contribution is 5.09. The van der Waals surface area contributed by atoms with Crippen LogP contribution in [0.2, 0.25) is 0 Å². The van der Waals surface area contributed by atoms with Crippen LogP contribution in [0.1, 0.15) is 31.9 Å². The van der Waals surface area contributed by atoms with Crippen LogP contribution in [0.4, 0.5) is 0 Å². The Morgan fingerprint density at radius 3 is 2.92 bits per heavy atom. The van der Waals surface area contributed by atoms with Gasteiger partial charge >= 0.3 is 0 Å². The predicted octanol–water partition coefficient (Wildman–Crippen LogP) is 0.823. The number of rotatable bonds is 1. The molecule has 13 heavy (non-hydrogen) atoms. The second-order valence-corrected chi connectivity index (χ2v) is 4.16. The van der Waals surface area contributed by atoms with E-state index >= 15 is 0 Å². The summed E-state index contributed by atoms with van der Waals surface area (Å²) in [6, 6.07) is 0. The molecule has 1 saturated carbocycles. The summed E-state index contributed by atoms with van der Waals surface area (Å²) in [6.45, 7) is 2.16. The third kappa shape index (κ3) is 1.46. The normalized spacial score (nSPS) is 33.9. The largest absolute Gasteiger partial charge is 0.383 e. The van der Waals surface area contributed by atoms with E-state index in [1.165, 1.54) is 0 Å². The summed E-state index contributed by atoms with van der Waals surface area (Å²) in [7, 11) is 1.82. The van der Waals surface area contributed by atoms with E-state index in [9.17, 15) is 5.11 Å². The first kappa shape index (κ1) is 8.69. The molecule has 0 amide bonds. The van der Waals surface area contributed by atoms with Crippen LogP contribution in [-0.4, -0.2) is 20.1 Å². The van der Waals surface area contributed by atoms with Crippen LogP contribution in [-0.2, 0) is 12.6 Å². The first-order chi connectivity index (χ1) is 6.10. The third-order valence-electron chi connectivity index (χ3n) is 2.82. The van der Waals surface area contributed by atoms with Crippen molar-refractivity contribution < 1.29 is 5.11 Å². The molecule has 0 aliphatic heterocycles. The Kier molecular flexibility index (Phi) is 1.87. The number of aliphatic hydroxyl groups is 1. The second-order valence-electron chi connectivity index (χ2n) is 4.16. The zero-order valence-electron chi connectivity index (χ0n) is 8.06. The molecule has 1 N–H and O–H groups in total. The smallest absolute Gasteiger partial charge is 0.114 e. The van der Waals surface area contributed by atoms with E-state index in [4.69, 9.17) is 0 Å². The average molecular weight is 181 g/mol. The fourth-order valence-corrected chi connectivity index (χ4v) is 2.06. The molecule has 72 valence electrons. The quantitative estimate of drug-likeness (QED) is 0.698. The van der Waals surface area contributed by atoms with Crippen LogP contribution in [0.5, 0.6) is 0 Å². The number of aromatic nitrogens is 3. The molecule has 0 radical (unpaired) electrons. The summed E-state index contributed by atoms with van der Waals surface area (Å²) in [5, 5.41) is 18.0. The van der Waals surface area contributed by atoms with Crippen LogP contribution in [0.25, 0.3) is 0 Å². The van der Waals surface area contributed by atoms with Gasteiger partial charge in [0, 0.05) is 7.05 Å². The molecular formula is C9H15N3O. The van der Waals surface area contributed by atoms with Gasteiger partial charge in [-0.2, -0.15) is 0 Å². The van der Waals surface area contributed by atoms with Crippen molar-refractivity contribution >= 4 is 0 Å². The van der Waals surface area contributed by atoms with E-state index < -0.39 is 5.60 Å². The van der Waals surface area contributed by atoms with Gasteiger partial charge in [-0.25, -0.2) is 0 Å². The van der Waals surface area contributed by atoms with Gasteiger partial charge in [-0.05, 0) is 25.2 Å². The van der Waals surface area contributed by atoms with Crippen molar-refractivity contribution in [1.82, 2.24) is 15.0 Å². The van der Waals surface area contributed by atoms with E-state index in [1.54, 1.807) is 10.9 Å². The summed E-state index contributed by atoms with van der Waals surface area (Å²) < 4.78 is 1.64. The Balaban J connectivity index is 2.25. The molecular weight excluding hydrogens is 166 g/mol. The van der Waals surface area contributed by atoms with Gasteiger partial charge in [0.25, 0.3) is 0 Å². The van der Waals surface area contributed by atoms with Crippen LogP contribution < -0.4 is 0 Å². The van der Waals surface area contributed by atoms with Crippen LogP contribution in [0, 0.1) is 5.92 Å². The molecule has 0 bridgehead atoms. The van der Waals surface area contributed by atoms with E-state index in [0.717, 1.165) is 25.0 Å². The number of hydrogen-bond acceptors (Lipinski definition) is 3. The fraction of sp³-hybridized carbons (Fsp3) is 0.778. The highest BCUT2D eigenvalue weighted by Gasteiger charge is 2.39. The Morgan fingerprint density at radius 2 is 2.46 bits per heavy atom. The minimum Gasteiger partial charge on any atom is -0.383 e. The number of hydrogen-bond donors (Lipinski definition) is 1. The molecule has 0 spiro atoms. The van der Waals surface area contributed by atoms with E-state index in [-0.39, 0.29) is 0 Å². The molecule has 2 unspecified atom stereocenters. The van der Waals surface area contributed by atoms with E-state index in [2.05, 4.69) is 17.2 Å². The predicted molar refractivity (Wildman–Crippen MR) is 47.9 cm³/mol. The zero-order chi connectivity index (χ0) is 9.47. The monoisotopic (exact) mass is 181 g/mol. The third-order valence-corrected chi connectivity index (χ3v) is 2.82. The fourth-order valence-electron chi connectivity index (χ4n) is 2.06. The van der Waals surface area contributed by atoms with Crippen molar-refractivity contribution in [3.8, 4) is 0 Å². The first-order valence-corrected chi connectivity index (χ1v) is 4.69. The maximum absolute atomic E-state index is 10.2. The molecule has 2 rings (SSSR count). The molecule has 1 aromatic rings. The minimum absolute atomic E-state index is 0.590. The van der Waals surface area contributed by atoms with Gasteiger partial charge in [-0.1, -0.05) is 12.1 Å². The lowest BCUT2D eigenvalue weighted by atomic mass is 9.97. The standard InChI is InChI=1S/C9H15N3O/c1-7-3-4-9(13,5-7)8-6-12(2)11-10-8/h6-7,13H,3-5H2,1-2H3. The summed E-state index contributed by atoms with van der Waals surface area (Å²) in [5.41, 5.74) is 0.00701. The van der Waals surface area contributed by atoms with Crippen molar-refractivity contribution in [2.75, 3.05) is 0 Å². The summed E-state index contributed by atoms with van der Waals surface area (Å²) in [5.74, 6) is 0.590. The molecule has 1 fully saturated rings. The minimum atomic E-state index is -0.715. The SMILES string of the molecule is CC1CCC(O)(c2cn(C)nn2)C1. The van der Waals surface area contributed by atoms with E-state index in [1.807, 2.05) is 7.05 Å². The molecule has 1 heterocycles. The highest BCUT2D eigenvalue weighted by atomic mass is 16.3. The summed E-state index contributed by atoms with van der Waals surface area (Å²) in [6.07, 6.45) is 4.50. The highest BCUT2D eigenvalue weighted by Crippen LogP contribution is 2.40. The van der Waals surface area contributed by atoms with Gasteiger partial charge in [-0.3, -0.25) is 4.68 Å². The van der Waals surface area contributed by atoms with E-state index in [0.29, 0.717) is 5.92 Å². The summed E-state index contributed by atoms with van der Waals surface area (Å²) >= 11 is 0. The van der Waals surface area contributed by atoms with Crippen molar-refractivity contribution in [3.63, 3.8) is 0 Å². The van der Waals surface area contributed by atoms with Crippen molar-refractivity contribution in [1.29, 1.82) is 0 Å². The van der Waals surface area contributed by atoms with Crippen molar-refractivity contribution in [3.05, 3.63) is 11.9 Å². The van der Waals surface area contributed by atoms with Crippen LogP contribution in [0.15, 0.2) is 6.20 Å². The van der Waals surface area contributed by atoms with Gasteiger partial charge in [0.1, 0.15) is 11.3 Å². The Labute approximate surface area is 77.6 Å². The van der Waals surface area contributed by atoms with Gasteiger partial charge in [-0.15, -0.1) is 5.10 Å². The molecule has 0 saturated heterocycles. The lowest BCUT2D eigenvalue weighted by molar-refractivity contribution is 0.0362. The van der Waals surface area contributed by atoms with Crippen LogP contribution in [0.3, 0.4) is 0 Å². The second kappa shape index (κ2) is 2.80. The van der Waals surface area contributed by atoms with Crippen LogP contribution >= 0.6 is 0 Å². The molecule has 0 aromatic carbocycles. The van der Waals surface area contributed by atoms with Gasteiger partial charge in [0.15, 0.2) is 0 Å². The topological polar surface area (TPSA) is 50.9 Å². The van der Waals surface area contributed by atoms with Gasteiger partial charge in [0.05, 0.1) is 6.20 Å². The summed E-state index contributed by atoms with van der Waals surface area (Å²) in [4.78, 5) is 0. The molecule has 1 aliphatic rings. The van der Waals surface area contributed by atoms with Crippen molar-refractivity contribution in [2.24, 2.45) is 13.0 Å². The zero-order valence-corrected chi connectivity index (χ0v) is 8.06. The maximum atomic E-state index is 10.2. The number of nitrogens with zero attached hydrogens (tertiary/aromatic N) is 3. The maximum Gasteiger partial charge on any atom is 0.114 e. The molecule has 4 heteroatoms.